The van der Waals surface area contributed by atoms with Crippen LogP contribution in [0.5, 0.6) is 0 Å². The molecule has 16 heavy (non-hydrogen) atoms. The smallest absolute Gasteiger partial charge is 0.257 e. The van der Waals surface area contributed by atoms with Gasteiger partial charge in [0.25, 0.3) is 5.91 Å². The topological polar surface area (TPSA) is 45.5 Å². The molecule has 4 nitrogen and oxygen atoms in total. The normalized spacial score (nSPS) is 19.6. The summed E-state index contributed by atoms with van der Waals surface area (Å²) in [6, 6.07) is 1.72. The fourth-order valence-electron chi connectivity index (χ4n) is 2.04. The van der Waals surface area contributed by atoms with Crippen molar-refractivity contribution in [2.75, 3.05) is 26.7 Å². The number of furan rings is 1. The van der Waals surface area contributed by atoms with E-state index in [4.69, 9.17) is 4.42 Å². The Morgan fingerprint density at radius 1 is 1.69 bits per heavy atom. The van der Waals surface area contributed by atoms with Crippen molar-refractivity contribution < 1.29 is 9.21 Å². The van der Waals surface area contributed by atoms with Gasteiger partial charge in [-0.2, -0.15) is 0 Å². The Morgan fingerprint density at radius 3 is 3.12 bits per heavy atom. The number of amides is 1. The summed E-state index contributed by atoms with van der Waals surface area (Å²) in [6.07, 6.45) is 4.13. The van der Waals surface area contributed by atoms with E-state index in [-0.39, 0.29) is 18.3 Å². The molecule has 1 saturated heterocycles. The van der Waals surface area contributed by atoms with Crippen LogP contribution >= 0.6 is 12.4 Å². The first-order chi connectivity index (χ1) is 7.31. The number of hydrogen-bond donors (Lipinski definition) is 1. The Hall–Kier alpha value is -1.00. The highest BCUT2D eigenvalue weighted by molar-refractivity contribution is 5.93. The van der Waals surface area contributed by atoms with Crippen molar-refractivity contribution in [2.24, 2.45) is 5.92 Å². The van der Waals surface area contributed by atoms with Gasteiger partial charge in [-0.15, -0.1) is 12.4 Å². The van der Waals surface area contributed by atoms with E-state index < -0.39 is 0 Å². The highest BCUT2D eigenvalue weighted by Crippen LogP contribution is 2.18. The van der Waals surface area contributed by atoms with Crippen molar-refractivity contribution in [3.8, 4) is 0 Å². The first kappa shape index (κ1) is 13.1. The Labute approximate surface area is 101 Å². The summed E-state index contributed by atoms with van der Waals surface area (Å²) in [5.74, 6) is 0.674. The summed E-state index contributed by atoms with van der Waals surface area (Å²) in [4.78, 5) is 13.8. The number of likely N-dealkylation sites (tertiary alicyclic amines) is 1. The summed E-state index contributed by atoms with van der Waals surface area (Å²) in [5.41, 5.74) is 0.653. The van der Waals surface area contributed by atoms with E-state index in [1.54, 1.807) is 6.07 Å². The predicted octanol–water partition coefficient (Wildman–Crippen LogP) is 1.38. The van der Waals surface area contributed by atoms with Crippen molar-refractivity contribution in [2.45, 2.75) is 6.42 Å². The lowest BCUT2D eigenvalue weighted by Crippen LogP contribution is -2.30. The summed E-state index contributed by atoms with van der Waals surface area (Å²) in [5, 5.41) is 3.15. The summed E-state index contributed by atoms with van der Waals surface area (Å²) >= 11 is 0. The van der Waals surface area contributed by atoms with Gasteiger partial charge in [0.15, 0.2) is 0 Å². The van der Waals surface area contributed by atoms with E-state index in [9.17, 15) is 4.79 Å². The maximum absolute atomic E-state index is 11.9. The Morgan fingerprint density at radius 2 is 2.50 bits per heavy atom. The first-order valence-electron chi connectivity index (χ1n) is 5.27. The average Bonchev–Trinajstić information content (AvgIpc) is 2.87. The van der Waals surface area contributed by atoms with Crippen LogP contribution in [0.3, 0.4) is 0 Å². The van der Waals surface area contributed by atoms with Gasteiger partial charge < -0.3 is 14.6 Å². The molecule has 1 aliphatic rings. The van der Waals surface area contributed by atoms with E-state index in [1.165, 1.54) is 12.5 Å². The first-order valence-corrected chi connectivity index (χ1v) is 5.27. The van der Waals surface area contributed by atoms with Crippen molar-refractivity contribution in [1.29, 1.82) is 0 Å². The van der Waals surface area contributed by atoms with Crippen molar-refractivity contribution >= 4 is 18.3 Å². The zero-order valence-electron chi connectivity index (χ0n) is 9.31. The molecule has 1 aliphatic heterocycles. The Bertz CT molecular complexity index is 327. The standard InChI is InChI=1S/C11H16N2O2.ClH/c1-12-6-9-2-4-13(7-9)11(14)10-3-5-15-8-10;/h3,5,8-9,12H,2,4,6-7H2,1H3;1H. The molecule has 0 spiro atoms. The number of hydrogen-bond acceptors (Lipinski definition) is 3. The molecule has 2 rings (SSSR count). The van der Waals surface area contributed by atoms with E-state index in [0.717, 1.165) is 26.1 Å². The van der Waals surface area contributed by atoms with Crippen LogP contribution in [0, 0.1) is 5.92 Å². The van der Waals surface area contributed by atoms with Gasteiger partial charge >= 0.3 is 0 Å². The molecule has 1 aromatic rings. The number of carbonyl (C=O) groups is 1. The van der Waals surface area contributed by atoms with Gasteiger partial charge in [-0.3, -0.25) is 4.79 Å². The van der Waals surface area contributed by atoms with Gasteiger partial charge in [0, 0.05) is 13.1 Å². The second kappa shape index (κ2) is 5.92. The molecule has 90 valence electrons. The number of nitrogens with zero attached hydrogens (tertiary/aromatic N) is 1. The van der Waals surface area contributed by atoms with Crippen molar-refractivity contribution in [3.05, 3.63) is 24.2 Å². The van der Waals surface area contributed by atoms with Crippen LogP contribution in [0.25, 0.3) is 0 Å². The van der Waals surface area contributed by atoms with Gasteiger partial charge in [-0.05, 0) is 32.0 Å². The Balaban J connectivity index is 0.00000128. The summed E-state index contributed by atoms with van der Waals surface area (Å²) in [6.45, 7) is 2.69. The Kier molecular flexibility index (Phi) is 4.83. The molecule has 1 unspecified atom stereocenters. The minimum absolute atomic E-state index is 0. The quantitative estimate of drug-likeness (QED) is 0.874. The van der Waals surface area contributed by atoms with E-state index in [1.807, 2.05) is 11.9 Å². The molecule has 0 saturated carbocycles. The number of rotatable bonds is 3. The minimum Gasteiger partial charge on any atom is -0.472 e. The molecule has 2 heterocycles. The lowest BCUT2D eigenvalue weighted by Gasteiger charge is -2.15. The van der Waals surface area contributed by atoms with E-state index in [0.29, 0.717) is 11.5 Å². The largest absolute Gasteiger partial charge is 0.472 e. The van der Waals surface area contributed by atoms with Gasteiger partial charge in [0.2, 0.25) is 0 Å². The molecule has 1 aromatic heterocycles. The lowest BCUT2D eigenvalue weighted by atomic mass is 10.1. The molecule has 0 aromatic carbocycles. The summed E-state index contributed by atoms with van der Waals surface area (Å²) < 4.78 is 4.91. The molecule has 5 heteroatoms. The third-order valence-corrected chi connectivity index (χ3v) is 2.83. The third-order valence-electron chi connectivity index (χ3n) is 2.83. The van der Waals surface area contributed by atoms with Gasteiger partial charge in [-0.25, -0.2) is 0 Å². The molecule has 0 bridgehead atoms. The lowest BCUT2D eigenvalue weighted by molar-refractivity contribution is 0.0786. The molecule has 0 aliphatic carbocycles. The van der Waals surface area contributed by atoms with Crippen molar-refractivity contribution in [3.63, 3.8) is 0 Å². The predicted molar refractivity (Wildman–Crippen MR) is 63.9 cm³/mol. The van der Waals surface area contributed by atoms with Crippen molar-refractivity contribution in [1.82, 2.24) is 10.2 Å². The van der Waals surface area contributed by atoms with E-state index in [2.05, 4.69) is 5.32 Å². The van der Waals surface area contributed by atoms with Gasteiger partial charge in [-0.1, -0.05) is 0 Å². The van der Waals surface area contributed by atoms with Crippen LogP contribution < -0.4 is 5.32 Å². The maximum Gasteiger partial charge on any atom is 0.257 e. The van der Waals surface area contributed by atoms with Crippen LogP contribution in [0.15, 0.2) is 23.0 Å². The van der Waals surface area contributed by atoms with Gasteiger partial charge in [0.1, 0.15) is 6.26 Å². The van der Waals surface area contributed by atoms with Crippen LogP contribution in [-0.4, -0.2) is 37.5 Å². The number of halogens is 1. The second-order valence-corrected chi connectivity index (χ2v) is 3.98. The minimum atomic E-state index is 0. The fraction of sp³-hybridized carbons (Fsp3) is 0.545. The molecule has 1 fully saturated rings. The molecule has 0 radical (unpaired) electrons. The number of carbonyl (C=O) groups excluding carboxylic acids is 1. The zero-order chi connectivity index (χ0) is 10.7. The summed E-state index contributed by atoms with van der Waals surface area (Å²) in [7, 11) is 1.94. The van der Waals surface area contributed by atoms with Crippen LogP contribution in [0.4, 0.5) is 0 Å². The molecular formula is C11H17ClN2O2. The van der Waals surface area contributed by atoms with Crippen LogP contribution in [0.2, 0.25) is 0 Å². The highest BCUT2D eigenvalue weighted by atomic mass is 35.5. The second-order valence-electron chi connectivity index (χ2n) is 3.98. The zero-order valence-corrected chi connectivity index (χ0v) is 10.1. The maximum atomic E-state index is 11.9. The van der Waals surface area contributed by atoms with Crippen LogP contribution in [-0.2, 0) is 0 Å². The van der Waals surface area contributed by atoms with E-state index >= 15 is 0 Å². The monoisotopic (exact) mass is 244 g/mol. The molecule has 1 N–H and O–H groups in total. The fourth-order valence-corrected chi connectivity index (χ4v) is 2.04. The SMILES string of the molecule is CNCC1CCN(C(=O)c2ccoc2)C1.Cl. The average molecular weight is 245 g/mol. The third kappa shape index (κ3) is 2.77. The van der Waals surface area contributed by atoms with Crippen LogP contribution in [0.1, 0.15) is 16.8 Å². The van der Waals surface area contributed by atoms with Gasteiger partial charge in [0.05, 0.1) is 11.8 Å². The number of nitrogens with one attached hydrogen (secondary N) is 1. The molecule has 1 amide bonds. The molecular weight excluding hydrogens is 228 g/mol. The molecule has 1 atom stereocenters. The highest BCUT2D eigenvalue weighted by Gasteiger charge is 2.26.